The third kappa shape index (κ3) is 4.88. The molecule has 0 fully saturated rings. The van der Waals surface area contributed by atoms with Crippen molar-refractivity contribution in [1.82, 2.24) is 20.4 Å². The fourth-order valence-corrected chi connectivity index (χ4v) is 1.95. The number of H-pyrrole nitrogens is 1. The average Bonchev–Trinajstić information content (AvgIpc) is 2.76. The van der Waals surface area contributed by atoms with E-state index < -0.39 is 0 Å². The Morgan fingerprint density at radius 1 is 1.35 bits per heavy atom. The molecule has 0 saturated carbocycles. The summed E-state index contributed by atoms with van der Waals surface area (Å²) in [7, 11) is 4.30. The second-order valence-electron chi connectivity index (χ2n) is 5.39. The number of nitrogens with one attached hydrogen (secondary N) is 2. The van der Waals surface area contributed by atoms with Gasteiger partial charge >= 0.3 is 0 Å². The zero-order chi connectivity index (χ0) is 12.8. The van der Waals surface area contributed by atoms with E-state index in [9.17, 15) is 0 Å². The molecule has 0 aliphatic heterocycles. The predicted octanol–water partition coefficient (Wildman–Crippen LogP) is 2.04. The van der Waals surface area contributed by atoms with E-state index in [2.05, 4.69) is 55.3 Å². The van der Waals surface area contributed by atoms with Crippen LogP contribution in [0.3, 0.4) is 0 Å². The number of aromatic nitrogens is 2. The van der Waals surface area contributed by atoms with Gasteiger partial charge in [0.25, 0.3) is 0 Å². The Hall–Kier alpha value is -0.870. The molecule has 0 aliphatic rings. The van der Waals surface area contributed by atoms with Gasteiger partial charge in [0.05, 0.1) is 5.69 Å². The minimum atomic E-state index is 0.326. The molecule has 1 heterocycles. The fourth-order valence-electron chi connectivity index (χ4n) is 1.95. The van der Waals surface area contributed by atoms with Crippen LogP contribution in [0.2, 0.25) is 0 Å². The lowest BCUT2D eigenvalue weighted by Gasteiger charge is -2.27. The molecule has 0 aromatic carbocycles. The second kappa shape index (κ2) is 6.77. The summed E-state index contributed by atoms with van der Waals surface area (Å²) >= 11 is 0. The maximum absolute atomic E-state index is 3.98. The molecule has 4 heteroatoms. The first-order chi connectivity index (χ1) is 8.00. The molecule has 1 rings (SSSR count). The predicted molar refractivity (Wildman–Crippen MR) is 71.9 cm³/mol. The zero-order valence-corrected chi connectivity index (χ0v) is 11.7. The topological polar surface area (TPSA) is 44.0 Å². The number of nitrogens with zero attached hydrogens (tertiary/aromatic N) is 2. The molecule has 4 nitrogen and oxygen atoms in total. The van der Waals surface area contributed by atoms with E-state index in [1.54, 1.807) is 6.20 Å². The molecule has 98 valence electrons. The van der Waals surface area contributed by atoms with Crippen molar-refractivity contribution in [2.45, 2.75) is 39.3 Å². The lowest BCUT2D eigenvalue weighted by molar-refractivity contribution is 0.241. The first-order valence-electron chi connectivity index (χ1n) is 6.39. The Morgan fingerprint density at radius 3 is 2.53 bits per heavy atom. The highest BCUT2D eigenvalue weighted by Gasteiger charge is 2.15. The van der Waals surface area contributed by atoms with Crippen LogP contribution in [-0.4, -0.2) is 41.8 Å². The number of likely N-dealkylation sites (N-methyl/N-ethyl adjacent to an activating group) is 1. The summed E-state index contributed by atoms with van der Waals surface area (Å²) in [5.41, 5.74) is 1.15. The third-order valence-corrected chi connectivity index (χ3v) is 3.12. The summed E-state index contributed by atoms with van der Waals surface area (Å²) in [4.78, 5) is 2.30. The van der Waals surface area contributed by atoms with Crippen molar-refractivity contribution in [2.24, 2.45) is 5.92 Å². The van der Waals surface area contributed by atoms with Gasteiger partial charge in [-0.25, -0.2) is 0 Å². The minimum absolute atomic E-state index is 0.326. The summed E-state index contributed by atoms with van der Waals surface area (Å²) in [6.45, 7) is 7.71. The van der Waals surface area contributed by atoms with Crippen LogP contribution in [0.25, 0.3) is 0 Å². The molecule has 0 radical (unpaired) electrons. The van der Waals surface area contributed by atoms with Gasteiger partial charge in [0.2, 0.25) is 0 Å². The van der Waals surface area contributed by atoms with Crippen LogP contribution in [0.15, 0.2) is 12.3 Å². The van der Waals surface area contributed by atoms with E-state index in [-0.39, 0.29) is 0 Å². The first-order valence-corrected chi connectivity index (χ1v) is 6.39. The van der Waals surface area contributed by atoms with Gasteiger partial charge in [0.15, 0.2) is 0 Å². The van der Waals surface area contributed by atoms with Gasteiger partial charge in [0, 0.05) is 24.8 Å². The molecule has 0 aliphatic carbocycles. The highest BCUT2D eigenvalue weighted by atomic mass is 15.1. The Kier molecular flexibility index (Phi) is 5.65. The van der Waals surface area contributed by atoms with Crippen LogP contribution < -0.4 is 5.32 Å². The van der Waals surface area contributed by atoms with Gasteiger partial charge in [-0.3, -0.25) is 5.10 Å². The highest BCUT2D eigenvalue weighted by molar-refractivity contribution is 5.03. The summed E-state index contributed by atoms with van der Waals surface area (Å²) in [6.07, 6.45) is 3.01. The molecule has 2 atom stereocenters. The Balaban J connectivity index is 2.41. The lowest BCUT2D eigenvalue weighted by Crippen LogP contribution is -2.39. The second-order valence-corrected chi connectivity index (χ2v) is 5.39. The van der Waals surface area contributed by atoms with E-state index >= 15 is 0 Å². The van der Waals surface area contributed by atoms with Crippen molar-refractivity contribution in [3.63, 3.8) is 0 Å². The van der Waals surface area contributed by atoms with Crippen LogP contribution in [-0.2, 0) is 0 Å². The SMILES string of the molecule is CC(C)CC(CNC(C)c1ccn[nH]1)N(C)C. The summed E-state index contributed by atoms with van der Waals surface area (Å²) in [6, 6.07) is 2.93. The van der Waals surface area contributed by atoms with Crippen LogP contribution in [0, 0.1) is 5.92 Å². The Morgan fingerprint density at radius 2 is 2.06 bits per heavy atom. The van der Waals surface area contributed by atoms with Crippen molar-refractivity contribution < 1.29 is 0 Å². The largest absolute Gasteiger partial charge is 0.307 e. The van der Waals surface area contributed by atoms with Gasteiger partial charge in [-0.2, -0.15) is 5.10 Å². The molecule has 17 heavy (non-hydrogen) atoms. The number of rotatable bonds is 7. The summed E-state index contributed by atoms with van der Waals surface area (Å²) in [5.74, 6) is 0.728. The normalized spacial score (nSPS) is 15.5. The van der Waals surface area contributed by atoms with Crippen molar-refractivity contribution in [3.05, 3.63) is 18.0 Å². The summed E-state index contributed by atoms with van der Waals surface area (Å²) in [5, 5.41) is 10.5. The Bertz CT molecular complexity index is 292. The minimum Gasteiger partial charge on any atom is -0.307 e. The molecule has 0 saturated heterocycles. The van der Waals surface area contributed by atoms with E-state index in [1.807, 2.05) is 6.07 Å². The zero-order valence-electron chi connectivity index (χ0n) is 11.7. The molecular weight excluding hydrogens is 212 g/mol. The van der Waals surface area contributed by atoms with Crippen molar-refractivity contribution in [1.29, 1.82) is 0 Å². The molecule has 0 amide bonds. The van der Waals surface area contributed by atoms with Crippen molar-refractivity contribution in [3.8, 4) is 0 Å². The maximum atomic E-state index is 3.98. The molecule has 0 spiro atoms. The third-order valence-electron chi connectivity index (χ3n) is 3.12. The monoisotopic (exact) mass is 238 g/mol. The first kappa shape index (κ1) is 14.2. The van der Waals surface area contributed by atoms with Gasteiger partial charge in [-0.15, -0.1) is 0 Å². The van der Waals surface area contributed by atoms with E-state index in [4.69, 9.17) is 0 Å². The molecule has 1 aromatic heterocycles. The highest BCUT2D eigenvalue weighted by Crippen LogP contribution is 2.11. The number of hydrogen-bond acceptors (Lipinski definition) is 3. The Labute approximate surface area is 105 Å². The molecule has 1 aromatic rings. The van der Waals surface area contributed by atoms with Gasteiger partial charge < -0.3 is 10.2 Å². The van der Waals surface area contributed by atoms with E-state index in [0.29, 0.717) is 12.1 Å². The lowest BCUT2D eigenvalue weighted by atomic mass is 10.0. The van der Waals surface area contributed by atoms with Crippen molar-refractivity contribution >= 4 is 0 Å². The molecule has 0 bridgehead atoms. The molecule has 2 N–H and O–H groups in total. The van der Waals surface area contributed by atoms with Crippen LogP contribution in [0.5, 0.6) is 0 Å². The molecular formula is C13H26N4. The number of aromatic amines is 1. The smallest absolute Gasteiger partial charge is 0.0518 e. The maximum Gasteiger partial charge on any atom is 0.0518 e. The molecule has 2 unspecified atom stereocenters. The van der Waals surface area contributed by atoms with Crippen LogP contribution in [0.1, 0.15) is 38.9 Å². The quantitative estimate of drug-likeness (QED) is 0.764. The van der Waals surface area contributed by atoms with Gasteiger partial charge in [-0.05, 0) is 39.4 Å². The van der Waals surface area contributed by atoms with Crippen molar-refractivity contribution in [2.75, 3.05) is 20.6 Å². The van der Waals surface area contributed by atoms with Gasteiger partial charge in [-0.1, -0.05) is 13.8 Å². The van der Waals surface area contributed by atoms with Crippen LogP contribution >= 0.6 is 0 Å². The van der Waals surface area contributed by atoms with E-state index in [0.717, 1.165) is 18.2 Å². The van der Waals surface area contributed by atoms with Crippen LogP contribution in [0.4, 0.5) is 0 Å². The summed E-state index contributed by atoms with van der Waals surface area (Å²) < 4.78 is 0. The van der Waals surface area contributed by atoms with Gasteiger partial charge in [0.1, 0.15) is 0 Å². The standard InChI is InChI=1S/C13H26N4/c1-10(2)8-12(17(4)5)9-14-11(3)13-6-7-15-16-13/h6-7,10-12,14H,8-9H2,1-5H3,(H,15,16). The number of hydrogen-bond donors (Lipinski definition) is 2. The van der Waals surface area contributed by atoms with E-state index in [1.165, 1.54) is 6.42 Å². The fraction of sp³-hybridized carbons (Fsp3) is 0.769. The average molecular weight is 238 g/mol.